The summed E-state index contributed by atoms with van der Waals surface area (Å²) in [7, 11) is 3.08. The highest BCUT2D eigenvalue weighted by molar-refractivity contribution is 7.80. The van der Waals surface area contributed by atoms with Crippen LogP contribution in [-0.2, 0) is 0 Å². The Bertz CT molecular complexity index is 1300. The fourth-order valence-electron chi connectivity index (χ4n) is 2.22. The van der Waals surface area contributed by atoms with Crippen molar-refractivity contribution in [1.29, 1.82) is 0 Å². The number of hydrogen-bond acceptors (Lipinski definition) is 13. The molecule has 0 spiro atoms. The SMILES string of the molecule is COc1cc(OC)c(NC(=S)Nc2ccc(N)cn2)cc1Cl.O=C(O)c1csnn1.O=C(O)c1csnn1. The number of carboxylic acids is 2. The number of carbonyl (C=O) groups is 2. The van der Waals surface area contributed by atoms with Gasteiger partial charge in [-0.15, -0.1) is 10.2 Å². The van der Waals surface area contributed by atoms with E-state index in [-0.39, 0.29) is 11.4 Å². The normalized spacial score (nSPS) is 9.55. The van der Waals surface area contributed by atoms with Gasteiger partial charge in [-0.1, -0.05) is 20.6 Å². The van der Waals surface area contributed by atoms with Crippen molar-refractivity contribution in [3.63, 3.8) is 0 Å². The Hall–Kier alpha value is -4.19. The van der Waals surface area contributed by atoms with Crippen molar-refractivity contribution in [3.8, 4) is 11.5 Å². The standard InChI is InChI=1S/C14H15ClN4O2S.2C3H2N2O2S/c1-20-11-6-12(21-2)10(5-9(11)15)18-14(22)19-13-4-3-8(16)7-17-13;2*6-3(7)2-1-8-5-4-2/h3-7H,16H2,1-2H3,(H2,17,18,19,22);2*1H,(H,6,7). The van der Waals surface area contributed by atoms with Crippen LogP contribution in [0.1, 0.15) is 21.0 Å². The van der Waals surface area contributed by atoms with E-state index in [1.54, 1.807) is 31.4 Å². The number of aromatic nitrogens is 5. The minimum Gasteiger partial charge on any atom is -0.495 e. The average Bonchev–Trinajstić information content (AvgIpc) is 3.62. The van der Waals surface area contributed by atoms with E-state index in [2.05, 4.69) is 34.8 Å². The van der Waals surface area contributed by atoms with Gasteiger partial charge in [0.15, 0.2) is 16.5 Å². The number of pyridine rings is 1. The second-order valence-corrected chi connectivity index (χ2v) is 8.47. The van der Waals surface area contributed by atoms with Gasteiger partial charge in [0.1, 0.15) is 17.3 Å². The Morgan fingerprint density at radius 2 is 1.55 bits per heavy atom. The molecular formula is C20H19ClN8O6S3. The molecule has 14 nitrogen and oxygen atoms in total. The van der Waals surface area contributed by atoms with E-state index >= 15 is 0 Å². The molecule has 3 heterocycles. The summed E-state index contributed by atoms with van der Waals surface area (Å²) < 4.78 is 17.1. The minimum absolute atomic E-state index is 0.00926. The highest BCUT2D eigenvalue weighted by Crippen LogP contribution is 2.35. The first-order chi connectivity index (χ1) is 18.1. The maximum absolute atomic E-state index is 9.97. The number of methoxy groups -OCH3 is 2. The minimum atomic E-state index is -1.03. The number of rotatable bonds is 6. The summed E-state index contributed by atoms with van der Waals surface area (Å²) in [5.74, 6) is -0.415. The predicted molar refractivity (Wildman–Crippen MR) is 147 cm³/mol. The molecular weight excluding hydrogens is 580 g/mol. The molecule has 0 fully saturated rings. The number of halogens is 1. The summed E-state index contributed by atoms with van der Waals surface area (Å²) in [5, 5.41) is 32.4. The molecule has 0 aliphatic rings. The zero-order valence-electron chi connectivity index (χ0n) is 19.5. The summed E-state index contributed by atoms with van der Waals surface area (Å²) in [6.45, 7) is 0. The topological polar surface area (TPSA) is 208 Å². The molecule has 0 unspecified atom stereocenters. The van der Waals surface area contributed by atoms with Crippen LogP contribution in [0.2, 0.25) is 5.02 Å². The molecule has 0 atom stereocenters. The molecule has 0 radical (unpaired) electrons. The number of nitrogen functional groups attached to an aromatic ring is 1. The Balaban J connectivity index is 0.000000256. The third kappa shape index (κ3) is 9.69. The average molecular weight is 599 g/mol. The van der Waals surface area contributed by atoms with E-state index in [1.807, 2.05) is 0 Å². The zero-order chi connectivity index (χ0) is 28.1. The number of nitrogens with two attached hydrogens (primary N) is 1. The van der Waals surface area contributed by atoms with Crippen LogP contribution >= 0.6 is 46.9 Å². The number of aromatic carboxylic acids is 2. The molecule has 0 saturated carbocycles. The predicted octanol–water partition coefficient (Wildman–Crippen LogP) is 3.62. The number of benzene rings is 1. The summed E-state index contributed by atoms with van der Waals surface area (Å²) in [6, 6.07) is 6.79. The third-order valence-corrected chi connectivity index (χ3v) is 5.42. The summed E-state index contributed by atoms with van der Waals surface area (Å²) in [6.07, 6.45) is 1.54. The number of nitrogens with zero attached hydrogens (tertiary/aromatic N) is 5. The number of hydrogen-bond donors (Lipinski definition) is 5. The van der Waals surface area contributed by atoms with E-state index in [0.29, 0.717) is 38.8 Å². The Kier molecular flexibility index (Phi) is 12.0. The maximum atomic E-state index is 9.97. The lowest BCUT2D eigenvalue weighted by atomic mass is 10.2. The highest BCUT2D eigenvalue weighted by atomic mass is 35.5. The van der Waals surface area contributed by atoms with Crippen LogP contribution in [0.3, 0.4) is 0 Å². The van der Waals surface area contributed by atoms with Crippen LogP contribution in [0.4, 0.5) is 17.2 Å². The second kappa shape index (κ2) is 15.2. The molecule has 6 N–H and O–H groups in total. The Morgan fingerprint density at radius 3 is 1.95 bits per heavy atom. The third-order valence-electron chi connectivity index (χ3n) is 3.91. The van der Waals surface area contributed by atoms with Crippen molar-refractivity contribution >= 4 is 81.1 Å². The molecule has 38 heavy (non-hydrogen) atoms. The molecule has 4 aromatic rings. The number of thiocarbonyl (C=S) groups is 1. The molecule has 0 aliphatic carbocycles. The van der Waals surface area contributed by atoms with Crippen molar-refractivity contribution < 1.29 is 29.3 Å². The number of anilines is 3. The van der Waals surface area contributed by atoms with Gasteiger partial charge >= 0.3 is 11.9 Å². The summed E-state index contributed by atoms with van der Waals surface area (Å²) in [4.78, 5) is 24.0. The monoisotopic (exact) mass is 598 g/mol. The first kappa shape index (κ1) is 30.0. The van der Waals surface area contributed by atoms with E-state index in [4.69, 9.17) is 49.2 Å². The van der Waals surface area contributed by atoms with Crippen LogP contribution in [0.5, 0.6) is 11.5 Å². The molecule has 200 valence electrons. The van der Waals surface area contributed by atoms with Crippen LogP contribution in [0, 0.1) is 0 Å². The first-order valence-corrected chi connectivity index (χ1v) is 12.3. The smallest absolute Gasteiger partial charge is 0.357 e. The highest BCUT2D eigenvalue weighted by Gasteiger charge is 2.11. The molecule has 0 bridgehead atoms. The van der Waals surface area contributed by atoms with Gasteiger partial charge in [0.2, 0.25) is 0 Å². The molecule has 1 aromatic carbocycles. The zero-order valence-corrected chi connectivity index (χ0v) is 22.7. The van der Waals surface area contributed by atoms with Crippen molar-refractivity contribution in [2.24, 2.45) is 0 Å². The quantitative estimate of drug-likeness (QED) is 0.201. The van der Waals surface area contributed by atoms with Crippen LogP contribution < -0.4 is 25.8 Å². The van der Waals surface area contributed by atoms with Crippen LogP contribution in [-0.4, -0.2) is 65.6 Å². The molecule has 3 aromatic heterocycles. The van der Waals surface area contributed by atoms with E-state index in [1.165, 1.54) is 24.1 Å². The van der Waals surface area contributed by atoms with Gasteiger partial charge in [-0.3, -0.25) is 0 Å². The molecule has 0 amide bonds. The summed E-state index contributed by atoms with van der Waals surface area (Å²) >= 11 is 13.4. The largest absolute Gasteiger partial charge is 0.495 e. The fourth-order valence-corrected chi connectivity index (χ4v) is 3.54. The van der Waals surface area contributed by atoms with E-state index in [0.717, 1.165) is 23.1 Å². The summed E-state index contributed by atoms with van der Waals surface area (Å²) in [5.41, 5.74) is 6.79. The van der Waals surface area contributed by atoms with Gasteiger partial charge in [0.25, 0.3) is 0 Å². The maximum Gasteiger partial charge on any atom is 0.357 e. The second-order valence-electron chi connectivity index (χ2n) is 6.43. The molecule has 4 rings (SSSR count). The van der Waals surface area contributed by atoms with Gasteiger partial charge < -0.3 is 36.1 Å². The van der Waals surface area contributed by atoms with Crippen molar-refractivity contribution in [3.05, 3.63) is 57.6 Å². The molecule has 0 aliphatic heterocycles. The first-order valence-electron chi connectivity index (χ1n) is 9.86. The van der Waals surface area contributed by atoms with Gasteiger partial charge in [0.05, 0.1) is 36.8 Å². The lowest BCUT2D eigenvalue weighted by Gasteiger charge is -2.15. The number of ether oxygens (including phenoxy) is 2. The van der Waals surface area contributed by atoms with Gasteiger partial charge in [0, 0.05) is 16.8 Å². The van der Waals surface area contributed by atoms with Crippen molar-refractivity contribution in [2.45, 2.75) is 0 Å². The fraction of sp³-hybridized carbons (Fsp3) is 0.100. The van der Waals surface area contributed by atoms with Crippen LogP contribution in [0.25, 0.3) is 0 Å². The van der Waals surface area contributed by atoms with Gasteiger partial charge in [-0.25, -0.2) is 14.6 Å². The van der Waals surface area contributed by atoms with Crippen LogP contribution in [0.15, 0.2) is 41.2 Å². The van der Waals surface area contributed by atoms with Crippen molar-refractivity contribution in [1.82, 2.24) is 24.2 Å². The lowest BCUT2D eigenvalue weighted by molar-refractivity contribution is 0.0680. The Labute approximate surface area is 233 Å². The van der Waals surface area contributed by atoms with E-state index in [9.17, 15) is 9.59 Å². The number of carboxylic acid groups (broad SMARTS) is 2. The van der Waals surface area contributed by atoms with E-state index < -0.39 is 11.9 Å². The lowest BCUT2D eigenvalue weighted by Crippen LogP contribution is -2.20. The Morgan fingerprint density at radius 1 is 0.974 bits per heavy atom. The number of nitrogens with one attached hydrogen (secondary N) is 2. The van der Waals surface area contributed by atoms with Gasteiger partial charge in [-0.2, -0.15) is 0 Å². The molecule has 18 heteroatoms. The molecule has 0 saturated heterocycles. The van der Waals surface area contributed by atoms with Gasteiger partial charge in [-0.05, 0) is 53.5 Å². The van der Waals surface area contributed by atoms with Crippen molar-refractivity contribution in [2.75, 3.05) is 30.6 Å².